The molecule has 0 aliphatic carbocycles. The monoisotopic (exact) mass is 185 g/mol. The van der Waals surface area contributed by atoms with Crippen molar-refractivity contribution in [3.63, 3.8) is 0 Å². The van der Waals surface area contributed by atoms with E-state index in [1.165, 1.54) is 0 Å². The first-order valence-corrected chi connectivity index (χ1v) is 4.95. The van der Waals surface area contributed by atoms with Gasteiger partial charge < -0.3 is 5.11 Å². The number of carboxylic acids is 1. The third-order valence-corrected chi connectivity index (χ3v) is 3.22. The van der Waals surface area contributed by atoms with Gasteiger partial charge in [0.1, 0.15) is 5.54 Å². The Labute approximate surface area is 79.7 Å². The van der Waals surface area contributed by atoms with Crippen molar-refractivity contribution in [2.45, 2.75) is 38.6 Å². The van der Waals surface area contributed by atoms with Gasteiger partial charge in [0.05, 0.1) is 0 Å². The molecule has 0 aromatic heterocycles. The highest BCUT2D eigenvalue weighted by Gasteiger charge is 2.45. The van der Waals surface area contributed by atoms with Crippen LogP contribution in [-0.2, 0) is 4.79 Å². The summed E-state index contributed by atoms with van der Waals surface area (Å²) in [5, 5.41) is 9.09. The number of nitrogens with zero attached hydrogens (tertiary/aromatic N) is 1. The number of hydrogen-bond donors (Lipinski definition) is 1. The van der Waals surface area contributed by atoms with Gasteiger partial charge in [0.25, 0.3) is 0 Å². The smallest absolute Gasteiger partial charge is 0.323 e. The molecule has 0 bridgehead atoms. The normalized spacial score (nSPS) is 35.2. The highest BCUT2D eigenvalue weighted by atomic mass is 16.4. The van der Waals surface area contributed by atoms with Crippen molar-refractivity contribution >= 4 is 5.97 Å². The van der Waals surface area contributed by atoms with Crippen molar-refractivity contribution in [1.82, 2.24) is 4.90 Å². The van der Waals surface area contributed by atoms with E-state index < -0.39 is 11.5 Å². The van der Waals surface area contributed by atoms with Gasteiger partial charge in [-0.15, -0.1) is 0 Å². The molecule has 0 aromatic rings. The largest absolute Gasteiger partial charge is 0.480 e. The highest BCUT2D eigenvalue weighted by molar-refractivity contribution is 5.78. The molecule has 0 aromatic carbocycles. The molecule has 3 heteroatoms. The van der Waals surface area contributed by atoms with E-state index >= 15 is 0 Å². The quantitative estimate of drug-likeness (QED) is 0.725. The van der Waals surface area contributed by atoms with E-state index in [0.717, 1.165) is 25.8 Å². The second-order valence-electron chi connectivity index (χ2n) is 4.32. The first-order valence-electron chi connectivity index (χ1n) is 4.95. The van der Waals surface area contributed by atoms with E-state index in [9.17, 15) is 4.79 Å². The van der Waals surface area contributed by atoms with Gasteiger partial charge in [-0.05, 0) is 32.7 Å². The third-order valence-electron chi connectivity index (χ3n) is 3.22. The first kappa shape index (κ1) is 10.5. The van der Waals surface area contributed by atoms with Crippen LogP contribution in [0.4, 0.5) is 0 Å². The summed E-state index contributed by atoms with van der Waals surface area (Å²) in [7, 11) is 1.91. The highest BCUT2D eigenvalue weighted by Crippen LogP contribution is 2.33. The maximum atomic E-state index is 11.0. The second-order valence-corrected chi connectivity index (χ2v) is 4.32. The van der Waals surface area contributed by atoms with Gasteiger partial charge in [0.15, 0.2) is 0 Å². The molecule has 1 saturated heterocycles. The van der Waals surface area contributed by atoms with Gasteiger partial charge in [0.2, 0.25) is 0 Å². The zero-order chi connectivity index (χ0) is 10.1. The van der Waals surface area contributed by atoms with Crippen LogP contribution >= 0.6 is 0 Å². The summed E-state index contributed by atoms with van der Waals surface area (Å²) in [5.74, 6) is -0.121. The average Bonchev–Trinajstić information content (AvgIpc) is 2.29. The van der Waals surface area contributed by atoms with Crippen LogP contribution in [0.1, 0.15) is 33.1 Å². The van der Waals surface area contributed by atoms with Gasteiger partial charge in [0, 0.05) is 6.54 Å². The van der Waals surface area contributed by atoms with Gasteiger partial charge in [-0.2, -0.15) is 0 Å². The maximum Gasteiger partial charge on any atom is 0.323 e. The van der Waals surface area contributed by atoms with E-state index in [1.807, 2.05) is 18.9 Å². The fraction of sp³-hybridized carbons (Fsp3) is 0.900. The van der Waals surface area contributed by atoms with Crippen molar-refractivity contribution in [2.75, 3.05) is 13.6 Å². The molecule has 0 amide bonds. The van der Waals surface area contributed by atoms with E-state index in [2.05, 4.69) is 6.92 Å². The molecule has 0 spiro atoms. The summed E-state index contributed by atoms with van der Waals surface area (Å²) < 4.78 is 0. The number of likely N-dealkylation sites (tertiary alicyclic amines) is 1. The Bertz CT molecular complexity index is 205. The van der Waals surface area contributed by atoms with Crippen LogP contribution in [0.15, 0.2) is 0 Å². The lowest BCUT2D eigenvalue weighted by molar-refractivity contribution is -0.147. The Morgan fingerprint density at radius 1 is 1.69 bits per heavy atom. The molecule has 1 rings (SSSR count). The van der Waals surface area contributed by atoms with Crippen LogP contribution in [0.5, 0.6) is 0 Å². The summed E-state index contributed by atoms with van der Waals surface area (Å²) in [6, 6.07) is 0. The average molecular weight is 185 g/mol. The minimum atomic E-state index is -0.686. The minimum Gasteiger partial charge on any atom is -0.480 e. The molecule has 1 aliphatic heterocycles. The van der Waals surface area contributed by atoms with Crippen LogP contribution in [0.25, 0.3) is 0 Å². The summed E-state index contributed by atoms with van der Waals surface area (Å²) in [5.41, 5.74) is -0.625. The Kier molecular flexibility index (Phi) is 2.96. The molecule has 1 fully saturated rings. The molecule has 1 heterocycles. The second kappa shape index (κ2) is 3.66. The molecular formula is C10H19NO2. The lowest BCUT2D eigenvalue weighted by atomic mass is 9.92. The number of rotatable bonds is 3. The fourth-order valence-corrected chi connectivity index (χ4v) is 2.22. The lowest BCUT2D eigenvalue weighted by Gasteiger charge is -2.26. The Morgan fingerprint density at radius 3 is 2.69 bits per heavy atom. The number of carboxylic acid groups (broad SMARTS) is 1. The van der Waals surface area contributed by atoms with Crippen molar-refractivity contribution in [3.05, 3.63) is 0 Å². The summed E-state index contributed by atoms with van der Waals surface area (Å²) in [6.45, 7) is 4.90. The number of hydrogen-bond acceptors (Lipinski definition) is 2. The maximum absolute atomic E-state index is 11.0. The van der Waals surface area contributed by atoms with Gasteiger partial charge in [-0.3, -0.25) is 9.69 Å². The number of carbonyl (C=O) groups is 1. The zero-order valence-electron chi connectivity index (χ0n) is 8.71. The third kappa shape index (κ3) is 1.85. The summed E-state index contributed by atoms with van der Waals surface area (Å²) in [6.07, 6.45) is 3.09. The van der Waals surface area contributed by atoms with Crippen molar-refractivity contribution < 1.29 is 9.90 Å². The molecule has 1 N–H and O–H groups in total. The zero-order valence-corrected chi connectivity index (χ0v) is 8.71. The van der Waals surface area contributed by atoms with Gasteiger partial charge in [-0.25, -0.2) is 0 Å². The first-order chi connectivity index (χ1) is 6.00. The molecule has 76 valence electrons. The topological polar surface area (TPSA) is 40.5 Å². The molecule has 0 unspecified atom stereocenters. The Hall–Kier alpha value is -0.570. The van der Waals surface area contributed by atoms with Crippen LogP contribution < -0.4 is 0 Å². The Morgan fingerprint density at radius 2 is 2.31 bits per heavy atom. The minimum absolute atomic E-state index is 0.566. The van der Waals surface area contributed by atoms with Crippen LogP contribution in [0, 0.1) is 5.92 Å². The molecule has 13 heavy (non-hydrogen) atoms. The van der Waals surface area contributed by atoms with Crippen molar-refractivity contribution in [1.29, 1.82) is 0 Å². The Balaban J connectivity index is 2.65. The predicted octanol–water partition coefficient (Wildman–Crippen LogP) is 1.58. The van der Waals surface area contributed by atoms with E-state index in [1.54, 1.807) is 0 Å². The molecule has 0 radical (unpaired) electrons. The molecule has 1 aliphatic rings. The molecule has 3 nitrogen and oxygen atoms in total. The predicted molar refractivity (Wildman–Crippen MR) is 51.7 cm³/mol. The molecule has 2 atom stereocenters. The number of likely N-dealkylation sites (N-methyl/N-ethyl adjacent to an activating group) is 1. The molecule has 0 saturated carbocycles. The lowest BCUT2D eigenvalue weighted by Crippen LogP contribution is -2.45. The summed E-state index contributed by atoms with van der Waals surface area (Å²) in [4.78, 5) is 13.0. The number of aliphatic carboxylic acids is 1. The van der Waals surface area contributed by atoms with Crippen LogP contribution in [-0.4, -0.2) is 35.1 Å². The van der Waals surface area contributed by atoms with E-state index in [-0.39, 0.29) is 0 Å². The SMILES string of the molecule is CCC[C@H]1CN(C)[C@](C)(C(=O)O)C1. The van der Waals surface area contributed by atoms with Gasteiger partial charge in [-0.1, -0.05) is 13.3 Å². The van der Waals surface area contributed by atoms with Gasteiger partial charge >= 0.3 is 5.97 Å². The standard InChI is InChI=1S/C10H19NO2/c1-4-5-8-6-10(2,9(12)13)11(3)7-8/h8H,4-7H2,1-3H3,(H,12,13)/t8-,10+/m1/s1. The fourth-order valence-electron chi connectivity index (χ4n) is 2.22. The van der Waals surface area contributed by atoms with E-state index in [0.29, 0.717) is 5.92 Å². The van der Waals surface area contributed by atoms with Crippen molar-refractivity contribution in [3.8, 4) is 0 Å². The molecular weight excluding hydrogens is 166 g/mol. The van der Waals surface area contributed by atoms with Crippen LogP contribution in [0.2, 0.25) is 0 Å². The van der Waals surface area contributed by atoms with Crippen LogP contribution in [0.3, 0.4) is 0 Å². The summed E-state index contributed by atoms with van der Waals surface area (Å²) >= 11 is 0. The van der Waals surface area contributed by atoms with E-state index in [4.69, 9.17) is 5.11 Å². The van der Waals surface area contributed by atoms with Crippen molar-refractivity contribution in [2.24, 2.45) is 5.92 Å².